The molecule has 0 aromatic heterocycles. The first-order valence-electron chi connectivity index (χ1n) is 6.96. The van der Waals surface area contributed by atoms with Gasteiger partial charge in [-0.2, -0.15) is 0 Å². The average molecular weight is 270 g/mol. The summed E-state index contributed by atoms with van der Waals surface area (Å²) >= 11 is 0. The summed E-state index contributed by atoms with van der Waals surface area (Å²) in [5, 5.41) is 0. The van der Waals surface area contributed by atoms with Crippen LogP contribution in [0.2, 0.25) is 0 Å². The van der Waals surface area contributed by atoms with Gasteiger partial charge in [-0.05, 0) is 27.2 Å². The molecule has 0 aromatic rings. The minimum atomic E-state index is -0.463. The summed E-state index contributed by atoms with van der Waals surface area (Å²) in [7, 11) is 0. The van der Waals surface area contributed by atoms with E-state index in [1.54, 1.807) is 0 Å². The Kier molecular flexibility index (Phi) is 5.94. The molecule has 0 aromatic carbocycles. The molecule has 3 heteroatoms. The molecule has 0 aliphatic heterocycles. The summed E-state index contributed by atoms with van der Waals surface area (Å²) in [6.07, 6.45) is 0.973. The Balaban J connectivity index is 4.33. The number of rotatable bonds is 6. The van der Waals surface area contributed by atoms with E-state index in [1.807, 2.05) is 55.4 Å². The minimum absolute atomic E-state index is 0.0599. The molecule has 19 heavy (non-hydrogen) atoms. The summed E-state index contributed by atoms with van der Waals surface area (Å²) in [6, 6.07) is 0. The predicted molar refractivity (Wildman–Crippen MR) is 78.2 cm³/mol. The minimum Gasteiger partial charge on any atom is -0.368 e. The molecule has 0 spiro atoms. The van der Waals surface area contributed by atoms with E-state index in [1.165, 1.54) is 0 Å². The van der Waals surface area contributed by atoms with E-state index in [0.717, 1.165) is 0 Å². The fourth-order valence-corrected chi connectivity index (χ4v) is 1.95. The zero-order valence-corrected chi connectivity index (χ0v) is 13.8. The van der Waals surface area contributed by atoms with Gasteiger partial charge in [0.2, 0.25) is 0 Å². The van der Waals surface area contributed by atoms with E-state index >= 15 is 0 Å². The lowest BCUT2D eigenvalue weighted by atomic mass is 9.72. The largest absolute Gasteiger partial charge is 0.368 e. The van der Waals surface area contributed by atoms with Crippen molar-refractivity contribution >= 4 is 11.6 Å². The van der Waals surface area contributed by atoms with Gasteiger partial charge in [-0.3, -0.25) is 9.59 Å². The van der Waals surface area contributed by atoms with Crippen LogP contribution in [0.25, 0.3) is 0 Å². The number of carbonyl (C=O) groups is 2. The summed E-state index contributed by atoms with van der Waals surface area (Å²) in [5.41, 5.74) is -1.13. The molecule has 0 amide bonds. The van der Waals surface area contributed by atoms with Crippen molar-refractivity contribution < 1.29 is 14.3 Å². The van der Waals surface area contributed by atoms with Gasteiger partial charge in [0.05, 0.1) is 5.60 Å². The van der Waals surface area contributed by atoms with Gasteiger partial charge in [-0.15, -0.1) is 0 Å². The molecular formula is C16H30O3. The number of ketones is 2. The Bertz CT molecular complexity index is 327. The van der Waals surface area contributed by atoms with E-state index in [-0.39, 0.29) is 29.2 Å². The summed E-state index contributed by atoms with van der Waals surface area (Å²) in [6.45, 7) is 15.5. The first kappa shape index (κ1) is 18.3. The maximum absolute atomic E-state index is 12.3. The molecule has 112 valence electrons. The Morgan fingerprint density at radius 3 is 1.74 bits per heavy atom. The Morgan fingerprint density at radius 2 is 1.37 bits per heavy atom. The van der Waals surface area contributed by atoms with E-state index < -0.39 is 5.41 Å². The fraction of sp³-hybridized carbons (Fsp3) is 0.875. The third-order valence-corrected chi connectivity index (χ3v) is 2.99. The number of carbonyl (C=O) groups excluding carboxylic acids is 2. The molecule has 0 radical (unpaired) electrons. The van der Waals surface area contributed by atoms with E-state index in [2.05, 4.69) is 0 Å². The highest BCUT2D eigenvalue weighted by Gasteiger charge is 2.35. The lowest BCUT2D eigenvalue weighted by molar-refractivity contribution is -0.136. The zero-order valence-electron chi connectivity index (χ0n) is 13.8. The normalized spacial score (nSPS) is 13.5. The van der Waals surface area contributed by atoms with Crippen molar-refractivity contribution in [3.8, 4) is 0 Å². The van der Waals surface area contributed by atoms with Gasteiger partial charge in [-0.1, -0.05) is 34.6 Å². The molecular weight excluding hydrogens is 240 g/mol. The summed E-state index contributed by atoms with van der Waals surface area (Å²) in [5.74, 6) is 0.259. The molecule has 0 atom stereocenters. The van der Waals surface area contributed by atoms with Gasteiger partial charge in [-0.25, -0.2) is 0 Å². The van der Waals surface area contributed by atoms with Crippen molar-refractivity contribution in [1.82, 2.24) is 0 Å². The van der Waals surface area contributed by atoms with Gasteiger partial charge in [0, 0.05) is 17.3 Å². The summed E-state index contributed by atoms with van der Waals surface area (Å²) in [4.78, 5) is 24.0. The molecule has 0 saturated carbocycles. The average Bonchev–Trinajstić information content (AvgIpc) is 2.20. The lowest BCUT2D eigenvalue weighted by Gasteiger charge is -2.30. The molecule has 0 heterocycles. The van der Waals surface area contributed by atoms with Crippen LogP contribution in [-0.2, 0) is 14.3 Å². The first-order valence-corrected chi connectivity index (χ1v) is 6.96. The summed E-state index contributed by atoms with van der Waals surface area (Å²) < 4.78 is 5.45. The van der Waals surface area contributed by atoms with Crippen molar-refractivity contribution in [2.24, 2.45) is 10.8 Å². The van der Waals surface area contributed by atoms with Gasteiger partial charge in [0.25, 0.3) is 0 Å². The quantitative estimate of drug-likeness (QED) is 0.737. The van der Waals surface area contributed by atoms with Crippen LogP contribution in [0.4, 0.5) is 0 Å². The molecule has 0 fully saturated rings. The standard InChI is InChI=1S/C16H30O3/c1-14(2,3)13(18)16(7,8)10-9-12(17)11-19-15(4,5)6/h9-11H2,1-8H3. The van der Waals surface area contributed by atoms with Crippen LogP contribution >= 0.6 is 0 Å². The maximum atomic E-state index is 12.3. The predicted octanol–water partition coefficient (Wildman–Crippen LogP) is 3.79. The van der Waals surface area contributed by atoms with Gasteiger partial charge >= 0.3 is 0 Å². The van der Waals surface area contributed by atoms with E-state index in [0.29, 0.717) is 12.8 Å². The number of Topliss-reactive ketones (excluding diaryl/α,β-unsaturated/α-hetero) is 2. The van der Waals surface area contributed by atoms with Crippen molar-refractivity contribution in [2.45, 2.75) is 73.8 Å². The lowest BCUT2D eigenvalue weighted by Crippen LogP contribution is -2.35. The highest BCUT2D eigenvalue weighted by molar-refractivity contribution is 5.89. The molecule has 3 nitrogen and oxygen atoms in total. The van der Waals surface area contributed by atoms with Crippen molar-refractivity contribution in [3.05, 3.63) is 0 Å². The van der Waals surface area contributed by atoms with Crippen molar-refractivity contribution in [1.29, 1.82) is 0 Å². The van der Waals surface area contributed by atoms with Crippen LogP contribution in [0.1, 0.15) is 68.2 Å². The first-order chi connectivity index (χ1) is 8.26. The third kappa shape index (κ3) is 7.46. The Hall–Kier alpha value is -0.700. The van der Waals surface area contributed by atoms with Gasteiger partial charge in [0.15, 0.2) is 5.78 Å². The monoisotopic (exact) mass is 270 g/mol. The van der Waals surface area contributed by atoms with Gasteiger partial charge in [0.1, 0.15) is 12.4 Å². The van der Waals surface area contributed by atoms with Crippen molar-refractivity contribution in [2.75, 3.05) is 6.61 Å². The third-order valence-electron chi connectivity index (χ3n) is 2.99. The molecule has 0 bridgehead atoms. The second kappa shape index (κ2) is 6.17. The van der Waals surface area contributed by atoms with Crippen LogP contribution in [0, 0.1) is 10.8 Å². The number of hydrogen-bond acceptors (Lipinski definition) is 3. The molecule has 0 N–H and O–H groups in total. The van der Waals surface area contributed by atoms with Crippen LogP contribution in [-0.4, -0.2) is 23.8 Å². The van der Waals surface area contributed by atoms with E-state index in [4.69, 9.17) is 4.74 Å². The smallest absolute Gasteiger partial charge is 0.158 e. The fourth-order valence-electron chi connectivity index (χ4n) is 1.95. The number of hydrogen-bond donors (Lipinski definition) is 0. The molecule has 0 saturated heterocycles. The van der Waals surface area contributed by atoms with Crippen molar-refractivity contribution in [3.63, 3.8) is 0 Å². The van der Waals surface area contributed by atoms with Crippen LogP contribution in [0.5, 0.6) is 0 Å². The maximum Gasteiger partial charge on any atom is 0.158 e. The molecule has 0 aliphatic rings. The highest BCUT2D eigenvalue weighted by Crippen LogP contribution is 2.32. The van der Waals surface area contributed by atoms with E-state index in [9.17, 15) is 9.59 Å². The van der Waals surface area contributed by atoms with Gasteiger partial charge < -0.3 is 4.74 Å². The molecule has 0 unspecified atom stereocenters. The van der Waals surface area contributed by atoms with Crippen LogP contribution in [0.15, 0.2) is 0 Å². The second-order valence-corrected chi connectivity index (χ2v) is 7.90. The Morgan fingerprint density at radius 1 is 0.895 bits per heavy atom. The highest BCUT2D eigenvalue weighted by atomic mass is 16.5. The molecule has 0 rings (SSSR count). The SMILES string of the molecule is CC(C)(C)OCC(=O)CCC(C)(C)C(=O)C(C)(C)C. The number of ether oxygens (including phenoxy) is 1. The Labute approximate surface area is 118 Å². The topological polar surface area (TPSA) is 43.4 Å². The van der Waals surface area contributed by atoms with Crippen LogP contribution < -0.4 is 0 Å². The zero-order chi connectivity index (χ0) is 15.5. The second-order valence-electron chi connectivity index (χ2n) is 7.90. The molecule has 0 aliphatic carbocycles. The van der Waals surface area contributed by atoms with Crippen LogP contribution in [0.3, 0.4) is 0 Å².